The Morgan fingerprint density at radius 2 is 1.93 bits per heavy atom. The lowest BCUT2D eigenvalue weighted by Crippen LogP contribution is -2.19. The summed E-state index contributed by atoms with van der Waals surface area (Å²) in [6, 6.07) is 4.03. The van der Waals surface area contributed by atoms with E-state index in [0.717, 1.165) is 24.5 Å². The van der Waals surface area contributed by atoms with Crippen LogP contribution in [0.4, 0.5) is 11.4 Å². The van der Waals surface area contributed by atoms with Crippen molar-refractivity contribution >= 4 is 23.0 Å². The second-order valence-corrected chi connectivity index (χ2v) is 4.28. The standard InChI is InChI=1S/C11H15ClN2/c1-8-6-9(12)11(13)10(7-8)14-4-2-3-5-14/h6-7H,2-5,13H2,1H3. The van der Waals surface area contributed by atoms with E-state index in [1.54, 1.807) is 0 Å². The van der Waals surface area contributed by atoms with Gasteiger partial charge < -0.3 is 10.6 Å². The summed E-state index contributed by atoms with van der Waals surface area (Å²) in [6.45, 7) is 4.25. The lowest BCUT2D eigenvalue weighted by molar-refractivity contribution is 0.949. The van der Waals surface area contributed by atoms with Crippen molar-refractivity contribution in [3.05, 3.63) is 22.7 Å². The molecule has 1 heterocycles. The Morgan fingerprint density at radius 3 is 2.57 bits per heavy atom. The minimum atomic E-state index is 0.673. The number of rotatable bonds is 1. The summed E-state index contributed by atoms with van der Waals surface area (Å²) < 4.78 is 0. The average Bonchev–Trinajstić information content (AvgIpc) is 2.63. The molecule has 0 unspecified atom stereocenters. The first-order chi connectivity index (χ1) is 6.68. The van der Waals surface area contributed by atoms with Crippen LogP contribution in [0.5, 0.6) is 0 Å². The Kier molecular flexibility index (Phi) is 2.55. The number of benzene rings is 1. The van der Waals surface area contributed by atoms with Gasteiger partial charge in [0.1, 0.15) is 0 Å². The van der Waals surface area contributed by atoms with Crippen LogP contribution in [0.25, 0.3) is 0 Å². The smallest absolute Gasteiger partial charge is 0.0741 e. The maximum Gasteiger partial charge on any atom is 0.0741 e. The third-order valence-electron chi connectivity index (χ3n) is 2.70. The van der Waals surface area contributed by atoms with E-state index in [-0.39, 0.29) is 0 Å². The van der Waals surface area contributed by atoms with Crippen molar-refractivity contribution in [3.63, 3.8) is 0 Å². The minimum absolute atomic E-state index is 0.673. The maximum absolute atomic E-state index is 6.05. The van der Waals surface area contributed by atoms with Gasteiger partial charge in [-0.1, -0.05) is 11.6 Å². The number of aryl methyl sites for hydroxylation is 1. The molecule has 1 aromatic carbocycles. The number of halogens is 1. The Labute approximate surface area is 89.7 Å². The maximum atomic E-state index is 6.05. The van der Waals surface area contributed by atoms with Crippen LogP contribution in [0.2, 0.25) is 5.02 Å². The zero-order valence-electron chi connectivity index (χ0n) is 8.39. The van der Waals surface area contributed by atoms with Gasteiger partial charge in [-0.25, -0.2) is 0 Å². The zero-order chi connectivity index (χ0) is 10.1. The van der Waals surface area contributed by atoms with Crippen LogP contribution in [-0.4, -0.2) is 13.1 Å². The van der Waals surface area contributed by atoms with Crippen molar-refractivity contribution in [1.29, 1.82) is 0 Å². The van der Waals surface area contributed by atoms with E-state index in [1.807, 2.05) is 13.0 Å². The molecular formula is C11H15ClN2. The lowest BCUT2D eigenvalue weighted by atomic mass is 10.2. The van der Waals surface area contributed by atoms with Crippen molar-refractivity contribution in [3.8, 4) is 0 Å². The Balaban J connectivity index is 2.40. The van der Waals surface area contributed by atoms with Crippen molar-refractivity contribution in [2.45, 2.75) is 19.8 Å². The fraction of sp³-hybridized carbons (Fsp3) is 0.455. The first-order valence-corrected chi connectivity index (χ1v) is 5.37. The molecule has 0 aliphatic carbocycles. The highest BCUT2D eigenvalue weighted by Gasteiger charge is 2.16. The summed E-state index contributed by atoms with van der Waals surface area (Å²) in [6.07, 6.45) is 2.51. The Hall–Kier alpha value is -0.890. The van der Waals surface area contributed by atoms with Crippen molar-refractivity contribution in [1.82, 2.24) is 0 Å². The normalized spacial score (nSPS) is 16.3. The molecule has 14 heavy (non-hydrogen) atoms. The van der Waals surface area contributed by atoms with E-state index in [2.05, 4.69) is 11.0 Å². The summed E-state index contributed by atoms with van der Waals surface area (Å²) in [4.78, 5) is 2.31. The van der Waals surface area contributed by atoms with Gasteiger partial charge in [0, 0.05) is 13.1 Å². The summed E-state index contributed by atoms with van der Waals surface area (Å²) in [5.74, 6) is 0. The molecule has 0 saturated carbocycles. The second-order valence-electron chi connectivity index (χ2n) is 3.87. The minimum Gasteiger partial charge on any atom is -0.396 e. The molecule has 3 heteroatoms. The number of nitrogen functional groups attached to an aromatic ring is 1. The first-order valence-electron chi connectivity index (χ1n) is 4.99. The van der Waals surface area contributed by atoms with Crippen LogP contribution in [0.1, 0.15) is 18.4 Å². The van der Waals surface area contributed by atoms with E-state index in [1.165, 1.54) is 18.4 Å². The average molecular weight is 211 g/mol. The largest absolute Gasteiger partial charge is 0.396 e. The quantitative estimate of drug-likeness (QED) is 0.723. The highest BCUT2D eigenvalue weighted by Crippen LogP contribution is 2.33. The van der Waals surface area contributed by atoms with Gasteiger partial charge in [0.05, 0.1) is 16.4 Å². The summed E-state index contributed by atoms with van der Waals surface area (Å²) in [5, 5.41) is 0.673. The number of hydrogen-bond donors (Lipinski definition) is 1. The van der Waals surface area contributed by atoms with Gasteiger partial charge in [0.15, 0.2) is 0 Å². The fourth-order valence-electron chi connectivity index (χ4n) is 1.95. The highest BCUT2D eigenvalue weighted by atomic mass is 35.5. The number of nitrogens with zero attached hydrogens (tertiary/aromatic N) is 1. The second kappa shape index (κ2) is 3.70. The molecule has 2 nitrogen and oxygen atoms in total. The predicted molar refractivity (Wildman–Crippen MR) is 62.0 cm³/mol. The molecule has 0 bridgehead atoms. The van der Waals surface area contributed by atoms with E-state index in [4.69, 9.17) is 17.3 Å². The number of anilines is 2. The molecule has 1 fully saturated rings. The topological polar surface area (TPSA) is 29.3 Å². The van der Waals surface area contributed by atoms with Gasteiger partial charge in [0.25, 0.3) is 0 Å². The summed E-state index contributed by atoms with van der Waals surface area (Å²) in [7, 11) is 0. The van der Waals surface area contributed by atoms with E-state index >= 15 is 0 Å². The van der Waals surface area contributed by atoms with Gasteiger partial charge in [-0.05, 0) is 37.5 Å². The van der Waals surface area contributed by atoms with E-state index < -0.39 is 0 Å². The van der Waals surface area contributed by atoms with Crippen LogP contribution in [0, 0.1) is 6.92 Å². The van der Waals surface area contributed by atoms with Gasteiger partial charge in [-0.3, -0.25) is 0 Å². The fourth-order valence-corrected chi connectivity index (χ4v) is 2.22. The number of hydrogen-bond acceptors (Lipinski definition) is 2. The van der Waals surface area contributed by atoms with Gasteiger partial charge in [0.2, 0.25) is 0 Å². The molecule has 2 rings (SSSR count). The van der Waals surface area contributed by atoms with Crippen molar-refractivity contribution in [2.24, 2.45) is 0 Å². The third kappa shape index (κ3) is 1.67. The van der Waals surface area contributed by atoms with Crippen LogP contribution >= 0.6 is 11.6 Å². The molecule has 0 aromatic heterocycles. The predicted octanol–water partition coefficient (Wildman–Crippen LogP) is 2.83. The zero-order valence-corrected chi connectivity index (χ0v) is 9.14. The molecular weight excluding hydrogens is 196 g/mol. The molecule has 0 radical (unpaired) electrons. The molecule has 2 N–H and O–H groups in total. The van der Waals surface area contributed by atoms with E-state index in [0.29, 0.717) is 5.02 Å². The van der Waals surface area contributed by atoms with Gasteiger partial charge in [-0.15, -0.1) is 0 Å². The lowest BCUT2D eigenvalue weighted by Gasteiger charge is -2.20. The molecule has 1 aromatic rings. The molecule has 0 amide bonds. The summed E-state index contributed by atoms with van der Waals surface area (Å²) in [5.41, 5.74) is 8.96. The Morgan fingerprint density at radius 1 is 1.29 bits per heavy atom. The molecule has 1 aliphatic heterocycles. The summed E-state index contributed by atoms with van der Waals surface area (Å²) >= 11 is 6.05. The van der Waals surface area contributed by atoms with Crippen LogP contribution in [-0.2, 0) is 0 Å². The van der Waals surface area contributed by atoms with Gasteiger partial charge >= 0.3 is 0 Å². The SMILES string of the molecule is Cc1cc(Cl)c(N)c(N2CCCC2)c1. The van der Waals surface area contributed by atoms with Gasteiger partial charge in [-0.2, -0.15) is 0 Å². The molecule has 76 valence electrons. The first kappa shape index (κ1) is 9.66. The number of nitrogens with two attached hydrogens (primary N) is 1. The Bertz CT molecular complexity index is 343. The van der Waals surface area contributed by atoms with Crippen LogP contribution in [0.3, 0.4) is 0 Å². The highest BCUT2D eigenvalue weighted by molar-refractivity contribution is 6.33. The molecule has 0 spiro atoms. The molecule has 0 atom stereocenters. The molecule has 1 aliphatic rings. The third-order valence-corrected chi connectivity index (χ3v) is 3.01. The molecule has 1 saturated heterocycles. The monoisotopic (exact) mass is 210 g/mol. The van der Waals surface area contributed by atoms with Crippen LogP contribution < -0.4 is 10.6 Å². The van der Waals surface area contributed by atoms with Crippen LogP contribution in [0.15, 0.2) is 12.1 Å². The van der Waals surface area contributed by atoms with Crippen molar-refractivity contribution in [2.75, 3.05) is 23.7 Å². The van der Waals surface area contributed by atoms with Crippen molar-refractivity contribution < 1.29 is 0 Å². The van der Waals surface area contributed by atoms with E-state index in [9.17, 15) is 0 Å².